The number of amides is 2. The monoisotopic (exact) mass is 411 g/mol. The number of hydrogen-bond donors (Lipinski definition) is 0. The first kappa shape index (κ1) is 19.8. The number of imide groups is 1. The summed E-state index contributed by atoms with van der Waals surface area (Å²) in [6, 6.07) is 6.80. The van der Waals surface area contributed by atoms with Crippen LogP contribution in [-0.2, 0) is 17.6 Å². The molecule has 0 radical (unpaired) electrons. The Balaban J connectivity index is 1.82. The maximum atomic E-state index is 13.0. The van der Waals surface area contributed by atoms with Crippen LogP contribution in [0.5, 0.6) is 0 Å². The minimum Gasteiger partial charge on any atom is -0.462 e. The van der Waals surface area contributed by atoms with Gasteiger partial charge in [0.25, 0.3) is 11.8 Å². The summed E-state index contributed by atoms with van der Waals surface area (Å²) in [5, 5.41) is 0.411. The number of nitrogens with zero attached hydrogens (tertiary/aromatic N) is 1. The fraction of sp³-hybridized carbons (Fsp3) is 0.435. The third-order valence-corrected chi connectivity index (χ3v) is 7.19. The summed E-state index contributed by atoms with van der Waals surface area (Å²) in [6.45, 7) is 8.69. The summed E-state index contributed by atoms with van der Waals surface area (Å²) in [5.74, 6) is -0.714. The van der Waals surface area contributed by atoms with Gasteiger partial charge in [-0.1, -0.05) is 32.9 Å². The van der Waals surface area contributed by atoms with E-state index in [0.29, 0.717) is 27.6 Å². The molecule has 0 unspecified atom stereocenters. The number of hydrogen-bond acceptors (Lipinski definition) is 5. The van der Waals surface area contributed by atoms with E-state index in [1.165, 1.54) is 16.2 Å². The summed E-state index contributed by atoms with van der Waals surface area (Å²) in [4.78, 5) is 41.2. The lowest BCUT2D eigenvalue weighted by Crippen LogP contribution is -2.30. The quantitative estimate of drug-likeness (QED) is 0.534. The lowest BCUT2D eigenvalue weighted by atomic mass is 9.72. The average Bonchev–Trinajstić information content (AvgIpc) is 3.16. The maximum absolute atomic E-state index is 13.0. The van der Waals surface area contributed by atoms with Gasteiger partial charge < -0.3 is 4.74 Å². The second kappa shape index (κ2) is 7.10. The maximum Gasteiger partial charge on any atom is 0.341 e. The molecule has 1 atom stereocenters. The number of benzene rings is 1. The number of fused-ring (bicyclic) bond motifs is 2. The van der Waals surface area contributed by atoms with Crippen LogP contribution < -0.4 is 4.90 Å². The number of ether oxygens (including phenoxy) is 1. The van der Waals surface area contributed by atoms with E-state index in [2.05, 4.69) is 20.8 Å². The van der Waals surface area contributed by atoms with Crippen LogP contribution in [-0.4, -0.2) is 24.4 Å². The highest BCUT2D eigenvalue weighted by atomic mass is 32.1. The number of anilines is 1. The first-order chi connectivity index (χ1) is 13.7. The van der Waals surface area contributed by atoms with E-state index in [0.717, 1.165) is 29.7 Å². The molecule has 0 spiro atoms. The zero-order chi connectivity index (χ0) is 20.9. The van der Waals surface area contributed by atoms with Crippen LogP contribution in [0, 0.1) is 11.3 Å². The van der Waals surface area contributed by atoms with Crippen molar-refractivity contribution in [2.24, 2.45) is 11.3 Å². The Morgan fingerprint density at radius 2 is 1.79 bits per heavy atom. The van der Waals surface area contributed by atoms with Crippen molar-refractivity contribution in [3.05, 3.63) is 51.4 Å². The van der Waals surface area contributed by atoms with Gasteiger partial charge in [-0.15, -0.1) is 11.3 Å². The summed E-state index contributed by atoms with van der Waals surface area (Å²) in [5.41, 5.74) is 2.26. The highest BCUT2D eigenvalue weighted by Gasteiger charge is 2.42. The Morgan fingerprint density at radius 3 is 2.34 bits per heavy atom. The van der Waals surface area contributed by atoms with Crippen molar-refractivity contribution in [3.8, 4) is 0 Å². The number of carbonyl (C=O) groups excluding carboxylic acids is 3. The molecular weight excluding hydrogens is 386 g/mol. The van der Waals surface area contributed by atoms with E-state index < -0.39 is 5.97 Å². The molecule has 2 amide bonds. The smallest absolute Gasteiger partial charge is 0.341 e. The Morgan fingerprint density at radius 1 is 1.17 bits per heavy atom. The Labute approximate surface area is 174 Å². The van der Waals surface area contributed by atoms with Gasteiger partial charge in [0.2, 0.25) is 0 Å². The SMILES string of the molecule is CCOC(=O)c1c(N2C(=O)c3ccccc3C2=O)sc2c1CC[C@@H](C(C)(C)C)C2. The minimum atomic E-state index is -0.453. The molecule has 2 aromatic rings. The van der Waals surface area contributed by atoms with Gasteiger partial charge in [-0.25, -0.2) is 9.69 Å². The molecule has 1 aromatic heterocycles. The topological polar surface area (TPSA) is 63.7 Å². The second-order valence-electron chi connectivity index (χ2n) is 8.70. The van der Waals surface area contributed by atoms with Gasteiger partial charge >= 0.3 is 5.97 Å². The summed E-state index contributed by atoms with van der Waals surface area (Å²) in [7, 11) is 0. The first-order valence-corrected chi connectivity index (χ1v) is 10.8. The molecule has 2 aliphatic rings. The fourth-order valence-electron chi connectivity index (χ4n) is 4.26. The van der Waals surface area contributed by atoms with Crippen LogP contribution in [0.4, 0.5) is 5.00 Å². The summed E-state index contributed by atoms with van der Waals surface area (Å²) in [6.07, 6.45) is 2.57. The van der Waals surface area contributed by atoms with Crippen molar-refractivity contribution in [1.82, 2.24) is 0 Å². The number of thiophene rings is 1. The van der Waals surface area contributed by atoms with Crippen molar-refractivity contribution >= 4 is 34.1 Å². The molecule has 1 aliphatic carbocycles. The van der Waals surface area contributed by atoms with Gasteiger partial charge in [0.05, 0.1) is 23.3 Å². The average molecular weight is 412 g/mol. The predicted molar refractivity (Wildman–Crippen MR) is 113 cm³/mol. The molecule has 0 bridgehead atoms. The summed E-state index contributed by atoms with van der Waals surface area (Å²) >= 11 is 1.39. The Hall–Kier alpha value is -2.47. The third kappa shape index (κ3) is 3.19. The number of esters is 1. The minimum absolute atomic E-state index is 0.154. The first-order valence-electron chi connectivity index (χ1n) is 10.0. The van der Waals surface area contributed by atoms with Crippen LogP contribution in [0.25, 0.3) is 0 Å². The van der Waals surface area contributed by atoms with Crippen molar-refractivity contribution in [1.29, 1.82) is 0 Å². The molecule has 0 saturated heterocycles. The van der Waals surface area contributed by atoms with Crippen LogP contribution >= 0.6 is 11.3 Å². The van der Waals surface area contributed by atoms with E-state index in [-0.39, 0.29) is 23.8 Å². The van der Waals surface area contributed by atoms with E-state index >= 15 is 0 Å². The lowest BCUT2D eigenvalue weighted by molar-refractivity contribution is 0.0526. The molecule has 0 saturated carbocycles. The molecular formula is C23H25NO4S. The van der Waals surface area contributed by atoms with E-state index in [4.69, 9.17) is 4.74 Å². The van der Waals surface area contributed by atoms with E-state index in [9.17, 15) is 14.4 Å². The van der Waals surface area contributed by atoms with Crippen molar-refractivity contribution in [2.75, 3.05) is 11.5 Å². The second-order valence-corrected chi connectivity index (χ2v) is 9.79. The Kier molecular flexibility index (Phi) is 4.85. The number of rotatable bonds is 3. The van der Waals surface area contributed by atoms with Crippen molar-refractivity contribution < 1.29 is 19.1 Å². The standard InChI is InChI=1S/C23H25NO4S/c1-5-28-22(27)18-16-11-10-13(23(2,3)4)12-17(16)29-21(18)24-19(25)14-8-6-7-9-15(14)20(24)26/h6-9,13H,5,10-12H2,1-4H3/t13-/m1/s1. The zero-order valence-corrected chi connectivity index (χ0v) is 18.0. The van der Waals surface area contributed by atoms with Crippen molar-refractivity contribution in [3.63, 3.8) is 0 Å². The third-order valence-electron chi connectivity index (χ3n) is 5.95. The molecule has 0 fully saturated rings. The molecule has 1 aromatic carbocycles. The number of carbonyl (C=O) groups is 3. The van der Waals surface area contributed by atoms with Crippen LogP contribution in [0.2, 0.25) is 0 Å². The van der Waals surface area contributed by atoms with Gasteiger partial charge in [-0.05, 0) is 55.2 Å². The largest absolute Gasteiger partial charge is 0.462 e. The molecule has 2 heterocycles. The zero-order valence-electron chi connectivity index (χ0n) is 17.2. The molecule has 29 heavy (non-hydrogen) atoms. The van der Waals surface area contributed by atoms with Crippen LogP contribution in [0.3, 0.4) is 0 Å². The fourth-order valence-corrected chi connectivity index (χ4v) is 5.67. The molecule has 5 nitrogen and oxygen atoms in total. The summed E-state index contributed by atoms with van der Waals surface area (Å²) < 4.78 is 5.31. The predicted octanol–water partition coefficient (Wildman–Crippen LogP) is 4.88. The lowest BCUT2D eigenvalue weighted by Gasteiger charge is -2.33. The normalized spacial score (nSPS) is 18.6. The molecule has 152 valence electrons. The highest BCUT2D eigenvalue weighted by molar-refractivity contribution is 7.17. The van der Waals surface area contributed by atoms with Gasteiger partial charge in [0.1, 0.15) is 5.00 Å². The van der Waals surface area contributed by atoms with Gasteiger partial charge in [-0.2, -0.15) is 0 Å². The highest BCUT2D eigenvalue weighted by Crippen LogP contribution is 2.47. The molecule has 1 aliphatic heterocycles. The van der Waals surface area contributed by atoms with Gasteiger partial charge in [0.15, 0.2) is 0 Å². The van der Waals surface area contributed by atoms with E-state index in [1.807, 2.05) is 0 Å². The molecule has 0 N–H and O–H groups in total. The Bertz CT molecular complexity index is 979. The van der Waals surface area contributed by atoms with E-state index in [1.54, 1.807) is 31.2 Å². The van der Waals surface area contributed by atoms with Gasteiger partial charge in [0, 0.05) is 4.88 Å². The molecule has 6 heteroatoms. The van der Waals surface area contributed by atoms with Crippen LogP contribution in [0.15, 0.2) is 24.3 Å². The van der Waals surface area contributed by atoms with Crippen molar-refractivity contribution in [2.45, 2.75) is 47.0 Å². The van der Waals surface area contributed by atoms with Gasteiger partial charge in [-0.3, -0.25) is 9.59 Å². The van der Waals surface area contributed by atoms with Crippen LogP contribution in [0.1, 0.15) is 75.6 Å². The molecule has 4 rings (SSSR count).